The van der Waals surface area contributed by atoms with Crippen LogP contribution in [-0.2, 0) is 17.9 Å². The molecule has 0 atom stereocenters. The molecule has 4 aromatic rings. The van der Waals surface area contributed by atoms with Gasteiger partial charge in [0.05, 0.1) is 23.1 Å². The molecule has 1 fully saturated rings. The number of rotatable bonds is 5. The average molecular weight is 468 g/mol. The Labute approximate surface area is 199 Å². The van der Waals surface area contributed by atoms with Gasteiger partial charge in [0.25, 0.3) is 11.1 Å². The van der Waals surface area contributed by atoms with Crippen LogP contribution in [-0.4, -0.2) is 20.6 Å². The van der Waals surface area contributed by atoms with Crippen LogP contribution in [0.3, 0.4) is 0 Å². The second-order valence-corrected chi connectivity index (χ2v) is 8.89. The van der Waals surface area contributed by atoms with Gasteiger partial charge < -0.3 is 4.57 Å². The molecule has 34 heavy (non-hydrogen) atoms. The lowest BCUT2D eigenvalue weighted by molar-refractivity contribution is -0.123. The third-order valence-corrected chi connectivity index (χ3v) is 6.62. The lowest BCUT2D eigenvalue weighted by atomic mass is 10.1. The smallest absolute Gasteiger partial charge is 0.293 e. The normalized spacial score (nSPS) is 14.8. The molecule has 0 aliphatic carbocycles. The zero-order valence-corrected chi connectivity index (χ0v) is 18.8. The number of aromatic nitrogens is 1. The number of carbonyl (C=O) groups is 2. The number of fused-ring (bicyclic) bond motifs is 1. The molecule has 2 heterocycles. The van der Waals surface area contributed by atoms with Crippen LogP contribution in [0.2, 0.25) is 0 Å². The molecule has 0 saturated carbocycles. The van der Waals surface area contributed by atoms with Gasteiger partial charge >= 0.3 is 0 Å². The molecule has 0 N–H and O–H groups in total. The first-order valence-electron chi connectivity index (χ1n) is 10.6. The van der Waals surface area contributed by atoms with Crippen molar-refractivity contribution in [2.45, 2.75) is 13.1 Å². The second kappa shape index (κ2) is 9.00. The van der Waals surface area contributed by atoms with E-state index >= 15 is 0 Å². The van der Waals surface area contributed by atoms with Crippen molar-refractivity contribution in [1.29, 1.82) is 5.26 Å². The van der Waals surface area contributed by atoms with Gasteiger partial charge in [0.2, 0.25) is 0 Å². The van der Waals surface area contributed by atoms with Crippen molar-refractivity contribution in [3.05, 3.63) is 112 Å². The van der Waals surface area contributed by atoms with E-state index in [1.807, 2.05) is 35.0 Å². The molecule has 0 spiro atoms. The van der Waals surface area contributed by atoms with E-state index in [4.69, 9.17) is 0 Å². The SMILES string of the molecule is N#Cc1ccccc1CN1C(=O)S/C(=C/c2cn(Cc3ccc(F)cc3)c3ccccc23)C1=O. The standard InChI is InChI=1S/C27H18FN3O2S/c28-22-11-9-18(10-12-22)15-30-16-21(23-7-3-4-8-24(23)30)13-25-26(32)31(27(33)34-25)17-20-6-2-1-5-19(20)14-29/h1-13,16H,15,17H2/b25-13+. The molecule has 1 aliphatic heterocycles. The predicted molar refractivity (Wildman–Crippen MR) is 130 cm³/mol. The third kappa shape index (κ3) is 4.12. The Balaban J connectivity index is 1.46. The number of nitriles is 1. The summed E-state index contributed by atoms with van der Waals surface area (Å²) in [6, 6.07) is 23.2. The van der Waals surface area contributed by atoms with Crippen LogP contribution in [0.4, 0.5) is 9.18 Å². The third-order valence-electron chi connectivity index (χ3n) is 5.71. The number of carbonyl (C=O) groups excluding carboxylic acids is 2. The van der Waals surface area contributed by atoms with Gasteiger partial charge in [-0.1, -0.05) is 48.5 Å². The minimum absolute atomic E-state index is 0.0536. The maximum atomic E-state index is 13.3. The second-order valence-electron chi connectivity index (χ2n) is 7.89. The number of amides is 2. The molecular formula is C27H18FN3O2S. The van der Waals surface area contributed by atoms with E-state index in [0.717, 1.165) is 33.8 Å². The molecule has 0 bridgehead atoms. The van der Waals surface area contributed by atoms with Crippen LogP contribution in [0.5, 0.6) is 0 Å². The maximum absolute atomic E-state index is 13.3. The van der Waals surface area contributed by atoms with Gasteiger partial charge in [-0.3, -0.25) is 14.5 Å². The van der Waals surface area contributed by atoms with Gasteiger partial charge in [-0.25, -0.2) is 4.39 Å². The number of hydrogen-bond acceptors (Lipinski definition) is 4. The van der Waals surface area contributed by atoms with Crippen molar-refractivity contribution in [2.24, 2.45) is 0 Å². The highest BCUT2D eigenvalue weighted by Gasteiger charge is 2.35. The van der Waals surface area contributed by atoms with Crippen LogP contribution in [0.25, 0.3) is 17.0 Å². The Morgan fingerprint density at radius 2 is 1.68 bits per heavy atom. The Kier molecular flexibility index (Phi) is 5.74. The summed E-state index contributed by atoms with van der Waals surface area (Å²) in [7, 11) is 0. The van der Waals surface area contributed by atoms with Crippen molar-refractivity contribution in [1.82, 2.24) is 9.47 Å². The number of thioether (sulfide) groups is 1. The number of benzene rings is 3. The molecule has 0 radical (unpaired) electrons. The topological polar surface area (TPSA) is 66.1 Å². The highest BCUT2D eigenvalue weighted by Crippen LogP contribution is 2.35. The maximum Gasteiger partial charge on any atom is 0.293 e. The van der Waals surface area contributed by atoms with Crippen molar-refractivity contribution in [3.8, 4) is 6.07 Å². The monoisotopic (exact) mass is 467 g/mol. The van der Waals surface area contributed by atoms with Crippen molar-refractivity contribution in [3.63, 3.8) is 0 Å². The molecule has 7 heteroatoms. The van der Waals surface area contributed by atoms with Crippen molar-refractivity contribution in [2.75, 3.05) is 0 Å². The van der Waals surface area contributed by atoms with Crippen LogP contribution in [0, 0.1) is 17.1 Å². The van der Waals surface area contributed by atoms with Crippen molar-refractivity contribution < 1.29 is 14.0 Å². The zero-order chi connectivity index (χ0) is 23.7. The van der Waals surface area contributed by atoms with E-state index in [0.29, 0.717) is 22.6 Å². The number of halogens is 1. The van der Waals surface area contributed by atoms with Crippen LogP contribution in [0.1, 0.15) is 22.3 Å². The summed E-state index contributed by atoms with van der Waals surface area (Å²) < 4.78 is 15.3. The summed E-state index contributed by atoms with van der Waals surface area (Å²) in [4.78, 5) is 27.2. The largest absolute Gasteiger partial charge is 0.342 e. The van der Waals surface area contributed by atoms with Crippen molar-refractivity contribution >= 4 is 39.9 Å². The molecule has 1 aromatic heterocycles. The summed E-state index contributed by atoms with van der Waals surface area (Å²) in [6.07, 6.45) is 3.68. The Morgan fingerprint density at radius 1 is 0.941 bits per heavy atom. The lowest BCUT2D eigenvalue weighted by Gasteiger charge is -2.13. The zero-order valence-electron chi connectivity index (χ0n) is 17.9. The number of imide groups is 1. The fourth-order valence-corrected chi connectivity index (χ4v) is 4.85. The molecule has 166 valence electrons. The number of hydrogen-bond donors (Lipinski definition) is 0. The van der Waals surface area contributed by atoms with E-state index in [1.165, 1.54) is 17.0 Å². The van der Waals surface area contributed by atoms with E-state index in [9.17, 15) is 19.2 Å². The summed E-state index contributed by atoms with van der Waals surface area (Å²) in [5.74, 6) is -0.659. The highest BCUT2D eigenvalue weighted by molar-refractivity contribution is 8.18. The van der Waals surface area contributed by atoms with Crippen LogP contribution in [0.15, 0.2) is 83.9 Å². The van der Waals surface area contributed by atoms with Gasteiger partial charge in [-0.15, -0.1) is 0 Å². The number of para-hydroxylation sites is 1. The summed E-state index contributed by atoms with van der Waals surface area (Å²) in [5.41, 5.74) is 3.81. The average Bonchev–Trinajstić information content (AvgIpc) is 3.33. The van der Waals surface area contributed by atoms with Gasteiger partial charge in [-0.05, 0) is 53.2 Å². The van der Waals surface area contributed by atoms with Crippen LogP contribution < -0.4 is 0 Å². The van der Waals surface area contributed by atoms with Crippen LogP contribution >= 0.6 is 11.8 Å². The molecule has 0 unspecified atom stereocenters. The molecule has 5 rings (SSSR count). The fraction of sp³-hybridized carbons (Fsp3) is 0.0741. The molecule has 1 saturated heterocycles. The Hall–Kier alpha value is -4.15. The highest BCUT2D eigenvalue weighted by atomic mass is 32.2. The van der Waals surface area contributed by atoms with Gasteiger partial charge in [0, 0.05) is 29.2 Å². The minimum Gasteiger partial charge on any atom is -0.342 e. The fourth-order valence-electron chi connectivity index (χ4n) is 4.02. The molecule has 2 amide bonds. The lowest BCUT2D eigenvalue weighted by Crippen LogP contribution is -2.27. The van der Waals surface area contributed by atoms with E-state index < -0.39 is 0 Å². The predicted octanol–water partition coefficient (Wildman–Crippen LogP) is 5.94. The van der Waals surface area contributed by atoms with Gasteiger partial charge in [0.1, 0.15) is 5.82 Å². The number of nitrogens with zero attached hydrogens (tertiary/aromatic N) is 3. The van der Waals surface area contributed by atoms with E-state index in [-0.39, 0.29) is 23.5 Å². The Morgan fingerprint density at radius 3 is 2.47 bits per heavy atom. The Bertz CT molecular complexity index is 1500. The summed E-state index contributed by atoms with van der Waals surface area (Å²) in [5, 5.41) is 9.91. The van der Waals surface area contributed by atoms with E-state index in [1.54, 1.807) is 42.5 Å². The quantitative estimate of drug-likeness (QED) is 0.341. The first kappa shape index (κ1) is 21.7. The molecule has 5 nitrogen and oxygen atoms in total. The minimum atomic E-state index is -0.377. The first-order valence-corrected chi connectivity index (χ1v) is 11.4. The first-order chi connectivity index (χ1) is 16.5. The van der Waals surface area contributed by atoms with Gasteiger partial charge in [0.15, 0.2) is 0 Å². The molecular weight excluding hydrogens is 449 g/mol. The molecule has 1 aliphatic rings. The summed E-state index contributed by atoms with van der Waals surface area (Å²) in [6.45, 7) is 0.596. The van der Waals surface area contributed by atoms with E-state index in [2.05, 4.69) is 6.07 Å². The van der Waals surface area contributed by atoms with Gasteiger partial charge in [-0.2, -0.15) is 5.26 Å². The molecule has 3 aromatic carbocycles. The summed E-state index contributed by atoms with van der Waals surface area (Å²) >= 11 is 0.897.